The number of amides is 1. The molecule has 0 aromatic carbocycles. The summed E-state index contributed by atoms with van der Waals surface area (Å²) in [6, 6.07) is 0. The van der Waals surface area contributed by atoms with Crippen molar-refractivity contribution < 1.29 is 19.5 Å². The van der Waals surface area contributed by atoms with Crippen LogP contribution in [0.4, 0.5) is 0 Å². The van der Waals surface area contributed by atoms with E-state index in [4.69, 9.17) is 20.4 Å². The van der Waals surface area contributed by atoms with Crippen molar-refractivity contribution in [1.29, 1.82) is 0 Å². The topological polar surface area (TPSA) is 106 Å². The molecule has 2 fully saturated rings. The first-order valence-corrected chi connectivity index (χ1v) is 6.49. The maximum Gasteiger partial charge on any atom is 0.234 e. The molecule has 1 amide bonds. The number of carbonyl (C=O) groups is 1. The van der Waals surface area contributed by atoms with Crippen LogP contribution in [0.3, 0.4) is 0 Å². The van der Waals surface area contributed by atoms with Crippen LogP contribution >= 0.6 is 0 Å². The van der Waals surface area contributed by atoms with Gasteiger partial charge in [-0.05, 0) is 26.2 Å². The fraction of sp³-hybridized carbons (Fsp3) is 0.833. The number of rotatable bonds is 3. The molecule has 2 aliphatic heterocycles. The number of nitrogens with zero attached hydrogens (tertiary/aromatic N) is 1. The van der Waals surface area contributed by atoms with Crippen molar-refractivity contribution in [3.05, 3.63) is 0 Å². The number of hydrogen-bond acceptors (Lipinski definition) is 5. The first-order chi connectivity index (χ1) is 9.02. The molecule has 2 aliphatic rings. The Balaban J connectivity index is 2.16. The highest BCUT2D eigenvalue weighted by Gasteiger charge is 2.47. The molecule has 1 unspecified atom stereocenters. The van der Waals surface area contributed by atoms with E-state index in [1.165, 1.54) is 0 Å². The monoisotopic (exact) mass is 271 g/mol. The second-order valence-electron chi connectivity index (χ2n) is 5.50. The highest BCUT2D eigenvalue weighted by molar-refractivity contribution is 6.07. The van der Waals surface area contributed by atoms with Crippen LogP contribution in [0.2, 0.25) is 0 Å². The van der Waals surface area contributed by atoms with Crippen molar-refractivity contribution in [1.82, 2.24) is 5.32 Å². The van der Waals surface area contributed by atoms with Gasteiger partial charge >= 0.3 is 0 Å². The molecule has 0 aliphatic carbocycles. The van der Waals surface area contributed by atoms with Crippen molar-refractivity contribution >= 4 is 11.7 Å². The van der Waals surface area contributed by atoms with Gasteiger partial charge in [-0.15, -0.1) is 0 Å². The summed E-state index contributed by atoms with van der Waals surface area (Å²) in [6.45, 7) is 3.92. The predicted molar refractivity (Wildman–Crippen MR) is 67.9 cm³/mol. The van der Waals surface area contributed by atoms with Gasteiger partial charge in [-0.1, -0.05) is 5.16 Å². The first-order valence-electron chi connectivity index (χ1n) is 6.49. The Labute approximate surface area is 112 Å². The van der Waals surface area contributed by atoms with Gasteiger partial charge in [0.1, 0.15) is 5.41 Å². The van der Waals surface area contributed by atoms with E-state index in [2.05, 4.69) is 10.5 Å². The van der Waals surface area contributed by atoms with Gasteiger partial charge < -0.3 is 25.7 Å². The number of oxime groups is 1. The third kappa shape index (κ3) is 2.66. The second kappa shape index (κ2) is 5.34. The van der Waals surface area contributed by atoms with Gasteiger partial charge in [-0.25, -0.2) is 0 Å². The van der Waals surface area contributed by atoms with Gasteiger partial charge in [0.15, 0.2) is 5.84 Å². The van der Waals surface area contributed by atoms with Crippen molar-refractivity contribution in [3.63, 3.8) is 0 Å². The standard InChI is InChI=1S/C12H21N3O4/c1-11(2-5-19-8-11)14-10(16)12(9(13)15-17)3-6-18-7-4-12/h17H,2-8H2,1H3,(H2,13,15)(H,14,16). The zero-order chi connectivity index (χ0) is 13.9. The number of nitrogens with two attached hydrogens (primary N) is 1. The molecule has 0 bridgehead atoms. The van der Waals surface area contributed by atoms with Gasteiger partial charge in [0.05, 0.1) is 12.1 Å². The molecule has 2 rings (SSSR count). The molecule has 0 spiro atoms. The van der Waals surface area contributed by atoms with Crippen molar-refractivity contribution in [2.75, 3.05) is 26.4 Å². The number of carbonyl (C=O) groups excluding carboxylic acids is 1. The summed E-state index contributed by atoms with van der Waals surface area (Å²) in [6.07, 6.45) is 1.61. The Hall–Kier alpha value is -1.34. The summed E-state index contributed by atoms with van der Waals surface area (Å²) in [4.78, 5) is 12.6. The minimum Gasteiger partial charge on any atom is -0.409 e. The zero-order valence-corrected chi connectivity index (χ0v) is 11.1. The molecule has 0 aromatic rings. The van der Waals surface area contributed by atoms with E-state index >= 15 is 0 Å². The van der Waals surface area contributed by atoms with Crippen LogP contribution in [-0.4, -0.2) is 48.9 Å². The Kier molecular flexibility index (Phi) is 3.96. The van der Waals surface area contributed by atoms with E-state index in [9.17, 15) is 4.79 Å². The second-order valence-corrected chi connectivity index (χ2v) is 5.50. The van der Waals surface area contributed by atoms with Crippen LogP contribution in [0.5, 0.6) is 0 Å². The lowest BCUT2D eigenvalue weighted by molar-refractivity contribution is -0.133. The molecule has 0 saturated carbocycles. The third-order valence-corrected chi connectivity index (χ3v) is 4.01. The molecular formula is C12H21N3O4. The molecule has 7 nitrogen and oxygen atoms in total. The van der Waals surface area contributed by atoms with Gasteiger partial charge in [0, 0.05) is 19.8 Å². The molecule has 4 N–H and O–H groups in total. The van der Waals surface area contributed by atoms with Crippen LogP contribution in [0, 0.1) is 5.41 Å². The van der Waals surface area contributed by atoms with Crippen LogP contribution in [-0.2, 0) is 14.3 Å². The fourth-order valence-electron chi connectivity index (χ4n) is 2.57. The number of hydrogen-bond donors (Lipinski definition) is 3. The average Bonchev–Trinajstić information content (AvgIpc) is 2.85. The van der Waals surface area contributed by atoms with Gasteiger partial charge in [-0.2, -0.15) is 0 Å². The van der Waals surface area contributed by atoms with Crippen LogP contribution in [0.1, 0.15) is 26.2 Å². The van der Waals surface area contributed by atoms with Crippen LogP contribution in [0.15, 0.2) is 5.16 Å². The molecule has 2 saturated heterocycles. The highest BCUT2D eigenvalue weighted by atomic mass is 16.5. The van der Waals surface area contributed by atoms with Crippen LogP contribution in [0.25, 0.3) is 0 Å². The maximum absolute atomic E-state index is 12.6. The maximum atomic E-state index is 12.6. The average molecular weight is 271 g/mol. The summed E-state index contributed by atoms with van der Waals surface area (Å²) < 4.78 is 10.6. The van der Waals surface area contributed by atoms with E-state index in [1.54, 1.807) is 0 Å². The largest absolute Gasteiger partial charge is 0.409 e. The van der Waals surface area contributed by atoms with E-state index in [0.29, 0.717) is 39.3 Å². The molecular weight excluding hydrogens is 250 g/mol. The van der Waals surface area contributed by atoms with Crippen molar-refractivity contribution in [3.8, 4) is 0 Å². The summed E-state index contributed by atoms with van der Waals surface area (Å²) in [5, 5.41) is 15.0. The molecule has 19 heavy (non-hydrogen) atoms. The third-order valence-electron chi connectivity index (χ3n) is 4.01. The molecule has 108 valence electrons. The predicted octanol–water partition coefficient (Wildman–Crippen LogP) is -0.175. The molecule has 7 heteroatoms. The highest BCUT2D eigenvalue weighted by Crippen LogP contribution is 2.32. The lowest BCUT2D eigenvalue weighted by atomic mass is 9.77. The van der Waals surface area contributed by atoms with Gasteiger partial charge in [0.2, 0.25) is 5.91 Å². The molecule has 0 aromatic heterocycles. The summed E-state index contributed by atoms with van der Waals surface area (Å²) in [5.41, 5.74) is 4.40. The van der Waals surface area contributed by atoms with Gasteiger partial charge in [0.25, 0.3) is 0 Å². The Bertz CT molecular complexity index is 371. The Morgan fingerprint density at radius 1 is 1.26 bits per heavy atom. The van der Waals surface area contributed by atoms with Gasteiger partial charge in [-0.3, -0.25) is 4.79 Å². The quantitative estimate of drug-likeness (QED) is 0.286. The summed E-state index contributed by atoms with van der Waals surface area (Å²) in [5.74, 6) is -0.255. The Morgan fingerprint density at radius 2 is 1.89 bits per heavy atom. The smallest absolute Gasteiger partial charge is 0.234 e. The van der Waals surface area contributed by atoms with E-state index in [-0.39, 0.29) is 17.3 Å². The summed E-state index contributed by atoms with van der Waals surface area (Å²) >= 11 is 0. The van der Waals surface area contributed by atoms with Crippen molar-refractivity contribution in [2.24, 2.45) is 16.3 Å². The first kappa shape index (κ1) is 14.1. The zero-order valence-electron chi connectivity index (χ0n) is 11.1. The van der Waals surface area contributed by atoms with Crippen LogP contribution < -0.4 is 11.1 Å². The van der Waals surface area contributed by atoms with Crippen molar-refractivity contribution in [2.45, 2.75) is 31.7 Å². The lowest BCUT2D eigenvalue weighted by Gasteiger charge is -2.37. The molecule has 2 heterocycles. The minimum absolute atomic E-state index is 0.0455. The Morgan fingerprint density at radius 3 is 2.42 bits per heavy atom. The fourth-order valence-corrected chi connectivity index (χ4v) is 2.57. The normalized spacial score (nSPS) is 31.1. The SMILES string of the molecule is CC1(NC(=O)C2(C(N)=NO)CCOCC2)CCOC1. The number of nitrogens with one attached hydrogen (secondary N) is 1. The summed E-state index contributed by atoms with van der Waals surface area (Å²) in [7, 11) is 0. The number of ether oxygens (including phenoxy) is 2. The molecule has 0 radical (unpaired) electrons. The molecule has 1 atom stereocenters. The van der Waals surface area contributed by atoms with E-state index in [1.807, 2.05) is 6.92 Å². The van der Waals surface area contributed by atoms with E-state index in [0.717, 1.165) is 6.42 Å². The minimum atomic E-state index is -0.974. The lowest BCUT2D eigenvalue weighted by Crippen LogP contribution is -2.58. The van der Waals surface area contributed by atoms with E-state index < -0.39 is 5.41 Å². The number of amidine groups is 1.